The van der Waals surface area contributed by atoms with E-state index in [4.69, 9.17) is 11.6 Å². The molecule has 2 rings (SSSR count). The molecule has 0 bridgehead atoms. The minimum atomic E-state index is 0.525. The molecule has 0 saturated carbocycles. The molecule has 4 nitrogen and oxygen atoms in total. The maximum absolute atomic E-state index is 6.17. The van der Waals surface area contributed by atoms with Crippen LogP contribution in [0, 0.1) is 13.8 Å². The molecule has 0 unspecified atom stereocenters. The zero-order valence-electron chi connectivity index (χ0n) is 12.1. The van der Waals surface area contributed by atoms with Crippen LogP contribution in [0.25, 0.3) is 0 Å². The number of anilines is 1. The minimum absolute atomic E-state index is 0.525. The number of rotatable bonds is 5. The van der Waals surface area contributed by atoms with Crippen LogP contribution in [0.15, 0.2) is 18.5 Å². The molecule has 2 aromatic heterocycles. The highest BCUT2D eigenvalue weighted by molar-refractivity contribution is 6.30. The van der Waals surface area contributed by atoms with Gasteiger partial charge in [0.15, 0.2) is 0 Å². The SMILES string of the molecule is CCCc1nc(Cl)c(C)c(NCc2ccncc2C)n1. The van der Waals surface area contributed by atoms with Gasteiger partial charge in [0.2, 0.25) is 0 Å². The molecule has 2 aromatic rings. The van der Waals surface area contributed by atoms with Gasteiger partial charge in [-0.3, -0.25) is 4.98 Å². The fourth-order valence-electron chi connectivity index (χ4n) is 1.92. The van der Waals surface area contributed by atoms with E-state index in [9.17, 15) is 0 Å². The van der Waals surface area contributed by atoms with E-state index in [0.717, 1.165) is 35.6 Å². The number of halogens is 1. The Morgan fingerprint density at radius 1 is 1.25 bits per heavy atom. The maximum Gasteiger partial charge on any atom is 0.137 e. The smallest absolute Gasteiger partial charge is 0.137 e. The second-order valence-electron chi connectivity index (χ2n) is 4.81. The molecule has 0 amide bonds. The molecule has 0 atom stereocenters. The molecule has 20 heavy (non-hydrogen) atoms. The molecule has 0 aliphatic rings. The molecule has 0 aliphatic carbocycles. The average Bonchev–Trinajstić information content (AvgIpc) is 2.43. The summed E-state index contributed by atoms with van der Waals surface area (Å²) in [5, 5.41) is 3.87. The van der Waals surface area contributed by atoms with E-state index in [-0.39, 0.29) is 0 Å². The number of nitrogens with zero attached hydrogens (tertiary/aromatic N) is 3. The Kier molecular flexibility index (Phi) is 4.90. The van der Waals surface area contributed by atoms with Crippen LogP contribution < -0.4 is 5.32 Å². The van der Waals surface area contributed by atoms with Gasteiger partial charge in [0.1, 0.15) is 16.8 Å². The molecule has 0 saturated heterocycles. The summed E-state index contributed by atoms with van der Waals surface area (Å²) in [6.07, 6.45) is 5.50. The Balaban J connectivity index is 2.18. The molecule has 0 fully saturated rings. The Morgan fingerprint density at radius 2 is 2.05 bits per heavy atom. The van der Waals surface area contributed by atoms with E-state index >= 15 is 0 Å². The summed E-state index contributed by atoms with van der Waals surface area (Å²) in [7, 11) is 0. The normalized spacial score (nSPS) is 10.6. The van der Waals surface area contributed by atoms with Gasteiger partial charge < -0.3 is 5.32 Å². The molecule has 5 heteroatoms. The third-order valence-electron chi connectivity index (χ3n) is 3.19. The van der Waals surface area contributed by atoms with Gasteiger partial charge in [-0.1, -0.05) is 18.5 Å². The first-order valence-electron chi connectivity index (χ1n) is 6.78. The second kappa shape index (κ2) is 6.66. The standard InChI is InChI=1S/C15H19ClN4/c1-4-5-13-19-14(16)11(3)15(20-13)18-9-12-6-7-17-8-10(12)2/h6-8H,4-5,9H2,1-3H3,(H,18,19,20). The maximum atomic E-state index is 6.17. The van der Waals surface area contributed by atoms with E-state index < -0.39 is 0 Å². The quantitative estimate of drug-likeness (QED) is 0.853. The van der Waals surface area contributed by atoms with Crippen molar-refractivity contribution in [1.82, 2.24) is 15.0 Å². The van der Waals surface area contributed by atoms with Crippen molar-refractivity contribution in [2.45, 2.75) is 40.2 Å². The van der Waals surface area contributed by atoms with Gasteiger partial charge in [-0.25, -0.2) is 9.97 Å². The molecule has 0 radical (unpaired) electrons. The van der Waals surface area contributed by atoms with Gasteiger partial charge in [-0.05, 0) is 37.5 Å². The van der Waals surface area contributed by atoms with Gasteiger partial charge >= 0.3 is 0 Å². The summed E-state index contributed by atoms with van der Waals surface area (Å²) >= 11 is 6.17. The molecule has 0 spiro atoms. The van der Waals surface area contributed by atoms with Crippen molar-refractivity contribution < 1.29 is 0 Å². The van der Waals surface area contributed by atoms with Gasteiger partial charge in [0.05, 0.1) is 0 Å². The molecular formula is C15H19ClN4. The van der Waals surface area contributed by atoms with Gasteiger partial charge in [-0.15, -0.1) is 0 Å². The van der Waals surface area contributed by atoms with Gasteiger partial charge in [0.25, 0.3) is 0 Å². The van der Waals surface area contributed by atoms with Crippen molar-refractivity contribution in [1.29, 1.82) is 0 Å². The Bertz CT molecular complexity index is 598. The monoisotopic (exact) mass is 290 g/mol. The first-order chi connectivity index (χ1) is 9.61. The number of aromatic nitrogens is 3. The largest absolute Gasteiger partial charge is 0.366 e. The summed E-state index contributed by atoms with van der Waals surface area (Å²) in [5.74, 6) is 1.60. The lowest BCUT2D eigenvalue weighted by Gasteiger charge is -2.12. The van der Waals surface area contributed by atoms with E-state index in [1.165, 1.54) is 5.56 Å². The summed E-state index contributed by atoms with van der Waals surface area (Å²) in [6, 6.07) is 2.01. The predicted octanol–water partition coefficient (Wildman–Crippen LogP) is 3.71. The van der Waals surface area contributed by atoms with Crippen molar-refractivity contribution in [2.24, 2.45) is 0 Å². The van der Waals surface area contributed by atoms with Gasteiger partial charge in [0, 0.05) is 30.9 Å². The van der Waals surface area contributed by atoms with Crippen LogP contribution in [0.5, 0.6) is 0 Å². The highest BCUT2D eigenvalue weighted by Crippen LogP contribution is 2.21. The molecule has 106 valence electrons. The highest BCUT2D eigenvalue weighted by atomic mass is 35.5. The lowest BCUT2D eigenvalue weighted by Crippen LogP contribution is -2.08. The van der Waals surface area contributed by atoms with Crippen LogP contribution >= 0.6 is 11.6 Å². The third kappa shape index (κ3) is 3.45. The van der Waals surface area contributed by atoms with Gasteiger partial charge in [-0.2, -0.15) is 0 Å². The lowest BCUT2D eigenvalue weighted by atomic mass is 10.1. The van der Waals surface area contributed by atoms with Crippen molar-refractivity contribution in [3.8, 4) is 0 Å². The van der Waals surface area contributed by atoms with E-state index in [1.807, 2.05) is 26.1 Å². The van der Waals surface area contributed by atoms with Crippen molar-refractivity contribution in [2.75, 3.05) is 5.32 Å². The number of hydrogen-bond donors (Lipinski definition) is 1. The third-order valence-corrected chi connectivity index (χ3v) is 3.56. The fourth-order valence-corrected chi connectivity index (χ4v) is 2.11. The molecule has 1 N–H and O–H groups in total. The van der Waals surface area contributed by atoms with Crippen LogP contribution in [-0.2, 0) is 13.0 Å². The Labute approximate surface area is 124 Å². The summed E-state index contributed by atoms with van der Waals surface area (Å²) in [6.45, 7) is 6.78. The number of pyridine rings is 1. The molecule has 2 heterocycles. The van der Waals surface area contributed by atoms with Crippen LogP contribution in [0.4, 0.5) is 5.82 Å². The minimum Gasteiger partial charge on any atom is -0.366 e. The Hall–Kier alpha value is -1.68. The molecule has 0 aromatic carbocycles. The van der Waals surface area contributed by atoms with E-state index in [2.05, 4.69) is 27.2 Å². The fraction of sp³-hybridized carbons (Fsp3) is 0.400. The predicted molar refractivity (Wildman–Crippen MR) is 82.1 cm³/mol. The number of aryl methyl sites for hydroxylation is 2. The first-order valence-corrected chi connectivity index (χ1v) is 7.16. The summed E-state index contributed by atoms with van der Waals surface area (Å²) < 4.78 is 0. The number of nitrogens with one attached hydrogen (secondary N) is 1. The number of hydrogen-bond acceptors (Lipinski definition) is 4. The molecule has 0 aliphatic heterocycles. The lowest BCUT2D eigenvalue weighted by molar-refractivity contribution is 0.829. The van der Waals surface area contributed by atoms with Crippen LogP contribution in [0.1, 0.15) is 35.9 Å². The topological polar surface area (TPSA) is 50.7 Å². The van der Waals surface area contributed by atoms with Crippen molar-refractivity contribution >= 4 is 17.4 Å². The van der Waals surface area contributed by atoms with Crippen LogP contribution in [0.2, 0.25) is 5.15 Å². The zero-order chi connectivity index (χ0) is 14.5. The average molecular weight is 291 g/mol. The second-order valence-corrected chi connectivity index (χ2v) is 5.17. The Morgan fingerprint density at radius 3 is 2.75 bits per heavy atom. The van der Waals surface area contributed by atoms with E-state index in [1.54, 1.807) is 6.20 Å². The van der Waals surface area contributed by atoms with Crippen molar-refractivity contribution in [3.05, 3.63) is 46.1 Å². The highest BCUT2D eigenvalue weighted by Gasteiger charge is 2.09. The summed E-state index contributed by atoms with van der Waals surface area (Å²) in [4.78, 5) is 12.9. The van der Waals surface area contributed by atoms with E-state index in [0.29, 0.717) is 11.7 Å². The first kappa shape index (κ1) is 14.7. The van der Waals surface area contributed by atoms with Crippen LogP contribution in [0.3, 0.4) is 0 Å². The summed E-state index contributed by atoms with van der Waals surface area (Å²) in [5.41, 5.74) is 3.25. The zero-order valence-corrected chi connectivity index (χ0v) is 12.8. The molecular weight excluding hydrogens is 272 g/mol. The van der Waals surface area contributed by atoms with Crippen molar-refractivity contribution in [3.63, 3.8) is 0 Å². The van der Waals surface area contributed by atoms with Crippen LogP contribution in [-0.4, -0.2) is 15.0 Å².